The molecule has 2 heteroatoms. The highest BCUT2D eigenvalue weighted by atomic mass is 32.2. The van der Waals surface area contributed by atoms with Crippen LogP contribution in [0.25, 0.3) is 0 Å². The lowest BCUT2D eigenvalue weighted by Crippen LogP contribution is -1.72. The van der Waals surface area contributed by atoms with Crippen molar-refractivity contribution in [2.45, 2.75) is 19.8 Å². The third kappa shape index (κ3) is 4.41. The summed E-state index contributed by atoms with van der Waals surface area (Å²) in [5.74, 6) is 1.11. The monoisotopic (exact) mass is 100 g/mol. The molecule has 0 amide bonds. The maximum absolute atomic E-state index is 5.13. The first-order valence-electron chi connectivity index (χ1n) is 2.23. The quantitative estimate of drug-likeness (QED) is 0.383. The fourth-order valence-electron chi connectivity index (χ4n) is 0.228. The van der Waals surface area contributed by atoms with Gasteiger partial charge in [-0.05, 0) is 12.2 Å². The first kappa shape index (κ1) is 6.41. The van der Waals surface area contributed by atoms with Gasteiger partial charge >= 0.3 is 0 Å². The average molecular weight is 100.0 g/mol. The van der Waals surface area contributed by atoms with E-state index >= 15 is 0 Å². The molecule has 0 spiro atoms. The largest absolute Gasteiger partial charge is 0.227 e. The molecule has 0 N–H and O–H groups in total. The average Bonchev–Trinajstić information content (AvgIpc) is 1.61. The highest BCUT2D eigenvalue weighted by Crippen LogP contribution is 1.95. The van der Waals surface area contributed by atoms with Gasteiger partial charge in [0.05, 0.1) is 0 Å². The van der Waals surface area contributed by atoms with Crippen molar-refractivity contribution < 1.29 is 0 Å². The summed E-state index contributed by atoms with van der Waals surface area (Å²) in [5, 5.41) is 0. The molecule has 34 valence electrons. The molecule has 2 radical (unpaired) electrons. The molecule has 0 saturated heterocycles. The highest BCUT2D eigenvalue weighted by Gasteiger charge is 1.75. The van der Waals surface area contributed by atoms with Gasteiger partial charge in [-0.3, -0.25) is 0 Å². The number of hydrogen-bond acceptors (Lipinski definition) is 1. The first-order valence-corrected chi connectivity index (χ1v) is 3.28. The second-order valence-electron chi connectivity index (χ2n) is 1.22. The van der Waals surface area contributed by atoms with Gasteiger partial charge in [0, 0.05) is 0 Å². The first-order chi connectivity index (χ1) is 2.91. The van der Waals surface area contributed by atoms with Crippen molar-refractivity contribution in [2.24, 2.45) is 0 Å². The third-order valence-corrected chi connectivity index (χ3v) is 1.14. The molecule has 0 nitrogen and oxygen atoms in total. The van der Waals surface area contributed by atoms with E-state index in [0.717, 1.165) is 5.75 Å². The van der Waals surface area contributed by atoms with Gasteiger partial charge in [-0.2, -0.15) is 0 Å². The van der Waals surface area contributed by atoms with Crippen LogP contribution in [0.3, 0.4) is 0 Å². The van der Waals surface area contributed by atoms with Crippen LogP contribution in [0.15, 0.2) is 0 Å². The molecular formula is C4H9BS. The Morgan fingerprint density at radius 3 is 2.50 bits per heavy atom. The second-order valence-corrected chi connectivity index (χ2v) is 1.97. The molecule has 0 aliphatic carbocycles. The van der Waals surface area contributed by atoms with Gasteiger partial charge in [0.1, 0.15) is 0 Å². The van der Waals surface area contributed by atoms with E-state index in [9.17, 15) is 0 Å². The van der Waals surface area contributed by atoms with Crippen molar-refractivity contribution in [1.82, 2.24) is 0 Å². The molecule has 6 heavy (non-hydrogen) atoms. The molecule has 0 aliphatic rings. The Morgan fingerprint density at radius 1 is 1.67 bits per heavy atom. The van der Waals surface area contributed by atoms with Gasteiger partial charge in [0.15, 0.2) is 7.12 Å². The zero-order valence-corrected chi connectivity index (χ0v) is 4.92. The smallest absolute Gasteiger partial charge is 0.161 e. The lowest BCUT2D eigenvalue weighted by molar-refractivity contribution is 0.898. The Bertz CT molecular complexity index is 19.5. The summed E-state index contributed by atoms with van der Waals surface area (Å²) in [6.07, 6.45) is 2.51. The minimum Gasteiger partial charge on any atom is -0.227 e. The van der Waals surface area contributed by atoms with Crippen LogP contribution in [0.5, 0.6) is 0 Å². The van der Waals surface area contributed by atoms with Gasteiger partial charge in [-0.1, -0.05) is 13.3 Å². The van der Waals surface area contributed by atoms with Gasteiger partial charge in [0.2, 0.25) is 0 Å². The summed E-state index contributed by atoms with van der Waals surface area (Å²) < 4.78 is 0. The normalized spacial score (nSPS) is 8.83. The lowest BCUT2D eigenvalue weighted by Gasteiger charge is -1.87. The summed E-state index contributed by atoms with van der Waals surface area (Å²) in [5.41, 5.74) is 0. The van der Waals surface area contributed by atoms with Crippen molar-refractivity contribution in [3.63, 3.8) is 0 Å². The number of hydrogen-bond donors (Lipinski definition) is 0. The lowest BCUT2D eigenvalue weighted by atomic mass is 10.4. The van der Waals surface area contributed by atoms with Crippen LogP contribution >= 0.6 is 11.6 Å². The van der Waals surface area contributed by atoms with Crippen molar-refractivity contribution in [1.29, 1.82) is 0 Å². The number of unbranched alkanes of at least 4 members (excludes halogenated alkanes) is 1. The van der Waals surface area contributed by atoms with Crippen molar-refractivity contribution in [2.75, 3.05) is 5.75 Å². The molecule has 0 aromatic carbocycles. The van der Waals surface area contributed by atoms with E-state index < -0.39 is 0 Å². The Hall–Kier alpha value is 0.415. The Balaban J connectivity index is 2.34. The molecule has 0 aromatic rings. The van der Waals surface area contributed by atoms with Gasteiger partial charge < -0.3 is 0 Å². The minimum absolute atomic E-state index is 1.11. The minimum atomic E-state index is 1.11. The van der Waals surface area contributed by atoms with E-state index in [1.807, 2.05) is 0 Å². The van der Waals surface area contributed by atoms with Crippen LogP contribution in [0.2, 0.25) is 0 Å². The molecular weight excluding hydrogens is 90.9 g/mol. The van der Waals surface area contributed by atoms with Crippen LogP contribution in [0, 0.1) is 0 Å². The predicted octanol–water partition coefficient (Wildman–Crippen LogP) is 1.60. The summed E-state index contributed by atoms with van der Waals surface area (Å²) in [7, 11) is 5.13. The molecule has 0 aliphatic heterocycles. The fourth-order valence-corrected chi connectivity index (χ4v) is 0.683. The van der Waals surface area contributed by atoms with Crippen LogP contribution in [-0.4, -0.2) is 12.9 Å². The van der Waals surface area contributed by atoms with Gasteiger partial charge in [0.25, 0.3) is 0 Å². The molecule has 0 fully saturated rings. The van der Waals surface area contributed by atoms with Crippen molar-refractivity contribution >= 4 is 18.7 Å². The topological polar surface area (TPSA) is 0 Å². The molecule has 0 atom stereocenters. The molecule has 0 rings (SSSR count). The van der Waals surface area contributed by atoms with Crippen molar-refractivity contribution in [3.8, 4) is 0 Å². The molecule has 0 bridgehead atoms. The van der Waals surface area contributed by atoms with E-state index in [1.165, 1.54) is 24.5 Å². The predicted molar refractivity (Wildman–Crippen MR) is 33.1 cm³/mol. The Labute approximate surface area is 45.0 Å². The standard InChI is InChI=1S/C4H9BS/c1-2-3-4-6-5/h2-4H2,1H3. The maximum atomic E-state index is 5.13. The van der Waals surface area contributed by atoms with Crippen LogP contribution in [0.1, 0.15) is 19.8 Å². The van der Waals surface area contributed by atoms with Crippen molar-refractivity contribution in [3.05, 3.63) is 0 Å². The molecule has 0 unspecified atom stereocenters. The van der Waals surface area contributed by atoms with Crippen LogP contribution in [-0.2, 0) is 0 Å². The van der Waals surface area contributed by atoms with Crippen LogP contribution in [0.4, 0.5) is 0 Å². The Morgan fingerprint density at radius 2 is 2.33 bits per heavy atom. The number of rotatable bonds is 3. The van der Waals surface area contributed by atoms with E-state index in [4.69, 9.17) is 7.12 Å². The van der Waals surface area contributed by atoms with E-state index in [-0.39, 0.29) is 0 Å². The maximum Gasteiger partial charge on any atom is 0.161 e. The summed E-state index contributed by atoms with van der Waals surface area (Å²) in [6.45, 7) is 2.16. The zero-order chi connectivity index (χ0) is 4.83. The summed E-state index contributed by atoms with van der Waals surface area (Å²) in [4.78, 5) is 0. The van der Waals surface area contributed by atoms with Gasteiger partial charge in [-0.15, -0.1) is 0 Å². The summed E-state index contributed by atoms with van der Waals surface area (Å²) >= 11 is 1.43. The zero-order valence-electron chi connectivity index (χ0n) is 4.11. The fraction of sp³-hybridized carbons (Fsp3) is 1.00. The van der Waals surface area contributed by atoms with Gasteiger partial charge in [-0.25, -0.2) is 11.6 Å². The van der Waals surface area contributed by atoms with E-state index in [2.05, 4.69) is 6.92 Å². The highest BCUT2D eigenvalue weighted by molar-refractivity contribution is 8.19. The SMILES string of the molecule is [B]SCCCC. The van der Waals surface area contributed by atoms with Crippen LogP contribution < -0.4 is 0 Å². The second kappa shape index (κ2) is 5.41. The Kier molecular flexibility index (Phi) is 5.79. The van der Waals surface area contributed by atoms with E-state index in [0.29, 0.717) is 0 Å². The molecule has 0 saturated carbocycles. The molecule has 0 heterocycles. The van der Waals surface area contributed by atoms with E-state index in [1.54, 1.807) is 0 Å². The third-order valence-electron chi connectivity index (χ3n) is 0.616. The summed E-state index contributed by atoms with van der Waals surface area (Å²) in [6, 6.07) is 0. The molecule has 0 aromatic heterocycles.